The van der Waals surface area contributed by atoms with Crippen molar-refractivity contribution in [2.24, 2.45) is 11.5 Å². The molecule has 0 spiro atoms. The zero-order valence-corrected chi connectivity index (χ0v) is 4.73. The summed E-state index contributed by atoms with van der Waals surface area (Å²) >= 11 is 0. The first kappa shape index (κ1) is 7.43. The lowest BCUT2D eigenvalue weighted by atomic mass is 10.2. The predicted octanol–water partition coefficient (Wildman–Crippen LogP) is 0.147. The van der Waals surface area contributed by atoms with E-state index < -0.39 is 6.67 Å². The maximum Gasteiger partial charge on any atom is 0.112 e. The highest BCUT2D eigenvalue weighted by Gasteiger charge is 1.90. The summed E-state index contributed by atoms with van der Waals surface area (Å²) in [5, 5.41) is 0. The van der Waals surface area contributed by atoms with Crippen molar-refractivity contribution in [3.8, 4) is 0 Å². The fourth-order valence-corrected chi connectivity index (χ4v) is 0.380. The second-order valence-corrected chi connectivity index (χ2v) is 1.50. The van der Waals surface area contributed by atoms with Gasteiger partial charge in [0.1, 0.15) is 6.67 Å². The van der Waals surface area contributed by atoms with Gasteiger partial charge < -0.3 is 11.5 Å². The molecule has 0 radical (unpaired) electrons. The van der Waals surface area contributed by atoms with Gasteiger partial charge in [-0.3, -0.25) is 0 Å². The summed E-state index contributed by atoms with van der Waals surface area (Å²) in [4.78, 5) is 0. The van der Waals surface area contributed by atoms with Crippen LogP contribution in [0.1, 0.15) is 6.42 Å². The van der Waals surface area contributed by atoms with Crippen LogP contribution in [0.15, 0.2) is 11.8 Å². The first-order valence-electron chi connectivity index (χ1n) is 2.50. The summed E-state index contributed by atoms with van der Waals surface area (Å²) in [6.45, 7) is -0.0132. The van der Waals surface area contributed by atoms with E-state index in [1.807, 2.05) is 0 Å². The Hall–Kier alpha value is -0.570. The summed E-state index contributed by atoms with van der Waals surface area (Å²) in [5.41, 5.74) is 10.7. The highest BCUT2D eigenvalue weighted by atomic mass is 19.1. The van der Waals surface area contributed by atoms with Crippen molar-refractivity contribution in [3.63, 3.8) is 0 Å². The molecule has 0 aliphatic heterocycles. The Morgan fingerprint density at radius 2 is 2.25 bits per heavy atom. The minimum Gasteiger partial charge on any atom is -0.405 e. The van der Waals surface area contributed by atoms with E-state index in [0.717, 1.165) is 0 Å². The first-order valence-corrected chi connectivity index (χ1v) is 2.50. The lowest BCUT2D eigenvalue weighted by Crippen LogP contribution is -2.02. The number of hydrogen-bond donors (Lipinski definition) is 2. The Balaban J connectivity index is 3.38. The van der Waals surface area contributed by atoms with Gasteiger partial charge in [-0.15, -0.1) is 0 Å². The molecule has 48 valence electrons. The maximum absolute atomic E-state index is 11.6. The van der Waals surface area contributed by atoms with Crippen LogP contribution in [-0.2, 0) is 0 Å². The summed E-state index contributed by atoms with van der Waals surface area (Å²) in [5.74, 6) is 0. The molecule has 0 atom stereocenters. The molecular weight excluding hydrogens is 107 g/mol. The monoisotopic (exact) mass is 118 g/mol. The third-order valence-corrected chi connectivity index (χ3v) is 0.873. The van der Waals surface area contributed by atoms with Gasteiger partial charge in [-0.25, -0.2) is 4.39 Å². The van der Waals surface area contributed by atoms with E-state index in [1.54, 1.807) is 0 Å². The third kappa shape index (κ3) is 2.58. The minimum atomic E-state index is -0.478. The molecule has 0 aliphatic rings. The van der Waals surface area contributed by atoms with E-state index in [0.29, 0.717) is 18.5 Å². The van der Waals surface area contributed by atoms with Crippen molar-refractivity contribution in [1.82, 2.24) is 0 Å². The van der Waals surface area contributed by atoms with Gasteiger partial charge in [-0.2, -0.15) is 0 Å². The molecule has 0 heterocycles. The quantitative estimate of drug-likeness (QED) is 0.554. The molecule has 2 nitrogen and oxygen atoms in total. The maximum atomic E-state index is 11.6. The number of nitrogens with two attached hydrogens (primary N) is 2. The van der Waals surface area contributed by atoms with Crippen LogP contribution in [0, 0.1) is 0 Å². The Labute approximate surface area is 48.4 Å². The molecule has 0 aromatic carbocycles. The van der Waals surface area contributed by atoms with Crippen molar-refractivity contribution in [2.45, 2.75) is 6.42 Å². The molecule has 0 saturated heterocycles. The SMILES string of the molecule is N/C=C(/CF)CCN. The third-order valence-electron chi connectivity index (χ3n) is 0.873. The zero-order valence-electron chi connectivity index (χ0n) is 4.73. The van der Waals surface area contributed by atoms with E-state index in [-0.39, 0.29) is 0 Å². The van der Waals surface area contributed by atoms with Crippen LogP contribution in [0.25, 0.3) is 0 Å². The Bertz CT molecular complexity index is 80.5. The van der Waals surface area contributed by atoms with Crippen LogP contribution in [0.4, 0.5) is 4.39 Å². The van der Waals surface area contributed by atoms with Crippen LogP contribution in [0.5, 0.6) is 0 Å². The molecule has 0 bridgehead atoms. The Morgan fingerprint density at radius 3 is 2.38 bits per heavy atom. The molecular formula is C5H11FN2. The molecule has 0 saturated carbocycles. The molecule has 0 aromatic heterocycles. The standard InChI is InChI=1S/C5H11FN2/c6-3-5(4-8)1-2-7/h4H,1-3,7-8H2/b5-4+. The topological polar surface area (TPSA) is 52.0 Å². The largest absolute Gasteiger partial charge is 0.405 e. The van der Waals surface area contributed by atoms with Gasteiger partial charge in [-0.05, 0) is 24.7 Å². The summed E-state index contributed by atoms with van der Waals surface area (Å²) in [7, 11) is 0. The molecule has 0 amide bonds. The van der Waals surface area contributed by atoms with Crippen LogP contribution in [0.3, 0.4) is 0 Å². The molecule has 3 heteroatoms. The number of hydrogen-bond acceptors (Lipinski definition) is 2. The van der Waals surface area contributed by atoms with E-state index in [1.165, 1.54) is 6.20 Å². The zero-order chi connectivity index (χ0) is 6.41. The first-order chi connectivity index (χ1) is 3.85. The van der Waals surface area contributed by atoms with Gasteiger partial charge in [0, 0.05) is 0 Å². The van der Waals surface area contributed by atoms with Gasteiger partial charge in [0.2, 0.25) is 0 Å². The molecule has 0 unspecified atom stereocenters. The van der Waals surface area contributed by atoms with Gasteiger partial charge >= 0.3 is 0 Å². The molecule has 0 aliphatic carbocycles. The highest BCUT2D eigenvalue weighted by Crippen LogP contribution is 1.96. The van der Waals surface area contributed by atoms with Crippen LogP contribution < -0.4 is 11.5 Å². The summed E-state index contributed by atoms with van der Waals surface area (Å²) in [6.07, 6.45) is 1.83. The molecule has 0 rings (SSSR count). The lowest BCUT2D eigenvalue weighted by molar-refractivity contribution is 0.531. The summed E-state index contributed by atoms with van der Waals surface area (Å²) < 4.78 is 11.6. The number of halogens is 1. The Kier molecular flexibility index (Phi) is 4.26. The lowest BCUT2D eigenvalue weighted by Gasteiger charge is -1.94. The van der Waals surface area contributed by atoms with Crippen molar-refractivity contribution in [1.29, 1.82) is 0 Å². The molecule has 8 heavy (non-hydrogen) atoms. The van der Waals surface area contributed by atoms with E-state index in [2.05, 4.69) is 0 Å². The Morgan fingerprint density at radius 1 is 1.62 bits per heavy atom. The highest BCUT2D eigenvalue weighted by molar-refractivity contribution is 4.99. The number of rotatable bonds is 3. The van der Waals surface area contributed by atoms with E-state index >= 15 is 0 Å². The van der Waals surface area contributed by atoms with Gasteiger partial charge in [0.25, 0.3) is 0 Å². The molecule has 4 N–H and O–H groups in total. The second kappa shape index (κ2) is 4.59. The van der Waals surface area contributed by atoms with Gasteiger partial charge in [0.05, 0.1) is 0 Å². The predicted molar refractivity (Wildman–Crippen MR) is 31.9 cm³/mol. The average molecular weight is 118 g/mol. The minimum absolute atomic E-state index is 0.465. The molecule has 0 fully saturated rings. The molecule has 0 aromatic rings. The van der Waals surface area contributed by atoms with Crippen molar-refractivity contribution in [2.75, 3.05) is 13.2 Å². The fraction of sp³-hybridized carbons (Fsp3) is 0.600. The van der Waals surface area contributed by atoms with Gasteiger partial charge in [0.15, 0.2) is 0 Å². The average Bonchev–Trinajstić information content (AvgIpc) is 1.83. The van der Waals surface area contributed by atoms with E-state index in [9.17, 15) is 4.39 Å². The van der Waals surface area contributed by atoms with Crippen molar-refractivity contribution >= 4 is 0 Å². The second-order valence-electron chi connectivity index (χ2n) is 1.50. The number of alkyl halides is 1. The van der Waals surface area contributed by atoms with Crippen LogP contribution in [-0.4, -0.2) is 13.2 Å². The smallest absolute Gasteiger partial charge is 0.112 e. The summed E-state index contributed by atoms with van der Waals surface area (Å²) in [6, 6.07) is 0. The van der Waals surface area contributed by atoms with Crippen molar-refractivity contribution < 1.29 is 4.39 Å². The van der Waals surface area contributed by atoms with E-state index in [4.69, 9.17) is 11.5 Å². The van der Waals surface area contributed by atoms with Crippen LogP contribution >= 0.6 is 0 Å². The fourth-order valence-electron chi connectivity index (χ4n) is 0.380. The van der Waals surface area contributed by atoms with Gasteiger partial charge in [-0.1, -0.05) is 0 Å². The van der Waals surface area contributed by atoms with Crippen molar-refractivity contribution in [3.05, 3.63) is 11.8 Å². The van der Waals surface area contributed by atoms with Crippen LogP contribution in [0.2, 0.25) is 0 Å². The normalized spacial score (nSPS) is 12.0.